The number of aromatic nitrogens is 5. The Balaban J connectivity index is 1.29. The fourth-order valence-electron chi connectivity index (χ4n) is 4.09. The molecule has 34 heavy (non-hydrogen) atoms. The Kier molecular flexibility index (Phi) is 5.02. The fourth-order valence-corrected chi connectivity index (χ4v) is 4.09. The lowest BCUT2D eigenvalue weighted by atomic mass is 10.0. The number of benzene rings is 1. The summed E-state index contributed by atoms with van der Waals surface area (Å²) in [6, 6.07) is 13.6. The summed E-state index contributed by atoms with van der Waals surface area (Å²) in [7, 11) is 0. The average molecular weight is 448 g/mol. The maximum atomic E-state index is 12.7. The smallest absolute Gasteiger partial charge is 0.254 e. The van der Waals surface area contributed by atoms with E-state index < -0.39 is 0 Å². The molecule has 0 bridgehead atoms. The maximum absolute atomic E-state index is 12.7. The second kappa shape index (κ2) is 8.46. The minimum Gasteiger partial charge on any atom is -0.378 e. The number of amides is 1. The number of nitrogens with one attached hydrogen (secondary N) is 1. The first kappa shape index (κ1) is 20.1. The van der Waals surface area contributed by atoms with Crippen LogP contribution in [0.25, 0.3) is 27.8 Å². The highest BCUT2D eigenvalue weighted by Gasteiger charge is 2.18. The highest BCUT2D eigenvalue weighted by molar-refractivity contribution is 5.94. The Morgan fingerprint density at radius 1 is 0.941 bits per heavy atom. The van der Waals surface area contributed by atoms with Crippen LogP contribution in [0.4, 0.5) is 0 Å². The highest BCUT2D eigenvalue weighted by atomic mass is 16.5. The summed E-state index contributed by atoms with van der Waals surface area (Å²) in [5.41, 5.74) is 5.87. The number of ether oxygens (including phenoxy) is 1. The monoisotopic (exact) mass is 448 g/mol. The number of rotatable bonds is 2. The number of aromatic amines is 1. The summed E-state index contributed by atoms with van der Waals surface area (Å²) in [5.74, 6) is 6.48. The van der Waals surface area contributed by atoms with Crippen LogP contribution in [0.1, 0.15) is 21.6 Å². The molecule has 1 N–H and O–H groups in total. The lowest BCUT2D eigenvalue weighted by Gasteiger charge is -2.26. The predicted octanol–water partition coefficient (Wildman–Crippen LogP) is 3.14. The van der Waals surface area contributed by atoms with Gasteiger partial charge in [0.1, 0.15) is 11.3 Å². The number of H-pyrrole nitrogens is 1. The van der Waals surface area contributed by atoms with Gasteiger partial charge in [0, 0.05) is 36.6 Å². The Morgan fingerprint density at radius 3 is 2.62 bits per heavy atom. The highest BCUT2D eigenvalue weighted by Crippen LogP contribution is 2.22. The van der Waals surface area contributed by atoms with E-state index in [0.717, 1.165) is 33.4 Å². The lowest BCUT2D eigenvalue weighted by Crippen LogP contribution is -2.40. The first-order chi connectivity index (χ1) is 16.8. The fraction of sp³-hybridized carbons (Fsp3) is 0.154. The normalized spacial score (nSPS) is 13.7. The van der Waals surface area contributed by atoms with E-state index in [2.05, 4.69) is 32.0 Å². The minimum absolute atomic E-state index is 0.0420. The van der Waals surface area contributed by atoms with Gasteiger partial charge in [-0.25, -0.2) is 9.97 Å². The van der Waals surface area contributed by atoms with Crippen molar-refractivity contribution < 1.29 is 9.53 Å². The molecule has 0 atom stereocenters. The van der Waals surface area contributed by atoms with E-state index in [4.69, 9.17) is 4.74 Å². The van der Waals surface area contributed by atoms with E-state index in [1.165, 1.54) is 0 Å². The molecule has 4 aromatic heterocycles. The Morgan fingerprint density at radius 2 is 1.76 bits per heavy atom. The van der Waals surface area contributed by atoms with Crippen LogP contribution < -0.4 is 0 Å². The van der Waals surface area contributed by atoms with Crippen LogP contribution in [0.2, 0.25) is 0 Å². The number of nitrogens with zero attached hydrogens (tertiary/aromatic N) is 5. The van der Waals surface area contributed by atoms with E-state index in [9.17, 15) is 4.79 Å². The molecule has 6 rings (SSSR count). The van der Waals surface area contributed by atoms with Gasteiger partial charge in [-0.15, -0.1) is 0 Å². The molecule has 8 nitrogen and oxygen atoms in total. The molecule has 1 aliphatic heterocycles. The summed E-state index contributed by atoms with van der Waals surface area (Å²) in [6.45, 7) is 2.45. The first-order valence-corrected chi connectivity index (χ1v) is 11.0. The summed E-state index contributed by atoms with van der Waals surface area (Å²) < 4.78 is 7.32. The Bertz CT molecular complexity index is 1570. The van der Waals surface area contributed by atoms with Crippen LogP contribution in [-0.2, 0) is 4.74 Å². The molecule has 1 saturated heterocycles. The zero-order chi connectivity index (χ0) is 22.9. The predicted molar refractivity (Wildman–Crippen MR) is 127 cm³/mol. The third-order valence-electron chi connectivity index (χ3n) is 5.95. The molecule has 0 radical (unpaired) electrons. The topological polar surface area (TPSA) is 88.4 Å². The Hall–Kier alpha value is -4.48. The van der Waals surface area contributed by atoms with Crippen LogP contribution in [-0.4, -0.2) is 61.7 Å². The van der Waals surface area contributed by atoms with Crippen LogP contribution in [0.3, 0.4) is 0 Å². The second-order valence-corrected chi connectivity index (χ2v) is 8.01. The zero-order valence-corrected chi connectivity index (χ0v) is 18.2. The van der Waals surface area contributed by atoms with Crippen LogP contribution in [0, 0.1) is 11.8 Å². The van der Waals surface area contributed by atoms with Gasteiger partial charge in [0.15, 0.2) is 5.65 Å². The van der Waals surface area contributed by atoms with Crippen molar-refractivity contribution in [1.82, 2.24) is 29.5 Å². The van der Waals surface area contributed by atoms with Crippen molar-refractivity contribution in [2.45, 2.75) is 0 Å². The lowest BCUT2D eigenvalue weighted by molar-refractivity contribution is 0.0303. The summed E-state index contributed by atoms with van der Waals surface area (Å²) in [6.07, 6.45) is 7.23. The summed E-state index contributed by atoms with van der Waals surface area (Å²) in [4.78, 5) is 23.3. The number of carbonyl (C=O) groups excluding carboxylic acids is 1. The third kappa shape index (κ3) is 3.68. The van der Waals surface area contributed by atoms with Gasteiger partial charge in [-0.05, 0) is 47.4 Å². The van der Waals surface area contributed by atoms with Crippen molar-refractivity contribution in [1.29, 1.82) is 0 Å². The molecular formula is C26H20N6O2. The molecule has 0 saturated carbocycles. The van der Waals surface area contributed by atoms with E-state index in [-0.39, 0.29) is 5.91 Å². The van der Waals surface area contributed by atoms with Crippen LogP contribution in [0.15, 0.2) is 67.3 Å². The van der Waals surface area contributed by atoms with E-state index in [1.54, 1.807) is 18.6 Å². The number of imidazole rings is 1. The van der Waals surface area contributed by atoms with Gasteiger partial charge < -0.3 is 9.64 Å². The van der Waals surface area contributed by atoms with Crippen molar-refractivity contribution in [2.24, 2.45) is 0 Å². The van der Waals surface area contributed by atoms with Gasteiger partial charge in [0.05, 0.1) is 31.0 Å². The number of hydrogen-bond donors (Lipinski definition) is 1. The number of hydrogen-bond acceptors (Lipinski definition) is 5. The molecule has 166 valence electrons. The number of pyridine rings is 2. The number of fused-ring (bicyclic) bond motifs is 2. The minimum atomic E-state index is 0.0420. The molecule has 1 amide bonds. The van der Waals surface area contributed by atoms with Gasteiger partial charge in [0.25, 0.3) is 5.91 Å². The van der Waals surface area contributed by atoms with E-state index >= 15 is 0 Å². The quantitative estimate of drug-likeness (QED) is 0.419. The molecule has 0 aliphatic carbocycles. The molecule has 0 spiro atoms. The van der Waals surface area contributed by atoms with Crippen LogP contribution >= 0.6 is 0 Å². The maximum Gasteiger partial charge on any atom is 0.254 e. The molecule has 1 fully saturated rings. The molecule has 5 heterocycles. The van der Waals surface area contributed by atoms with Crippen molar-refractivity contribution in [3.63, 3.8) is 0 Å². The largest absolute Gasteiger partial charge is 0.378 e. The van der Waals surface area contributed by atoms with Crippen molar-refractivity contribution in [3.8, 4) is 23.0 Å². The van der Waals surface area contributed by atoms with Crippen LogP contribution in [0.5, 0.6) is 0 Å². The van der Waals surface area contributed by atoms with Crippen molar-refractivity contribution in [3.05, 3.63) is 84.1 Å². The number of carbonyl (C=O) groups is 1. The van der Waals surface area contributed by atoms with Crippen molar-refractivity contribution >= 4 is 22.6 Å². The molecule has 0 unspecified atom stereocenters. The molecule has 1 aromatic carbocycles. The Labute approximate surface area is 195 Å². The van der Waals surface area contributed by atoms with Gasteiger partial charge in [-0.3, -0.25) is 14.3 Å². The third-order valence-corrected chi connectivity index (χ3v) is 5.95. The second-order valence-electron chi connectivity index (χ2n) is 8.01. The molecule has 8 heteroatoms. The average Bonchev–Trinajstić information content (AvgIpc) is 3.55. The van der Waals surface area contributed by atoms with Gasteiger partial charge >= 0.3 is 0 Å². The standard InChI is InChI=1S/C26H20N6O2/c33-26(31-11-13-34-14-12-31)20-3-1-18(2-4-20)21-6-8-24-28-15-22(32(24)17-21)7-5-19-9-10-27-25-23(19)16-29-30-25/h1-4,6,8-10,15-17H,11-14H2,(H,27,29,30). The van der Waals surface area contributed by atoms with Gasteiger partial charge in [0.2, 0.25) is 0 Å². The zero-order valence-electron chi connectivity index (χ0n) is 18.2. The van der Waals surface area contributed by atoms with Gasteiger partial charge in [-0.1, -0.05) is 18.1 Å². The van der Waals surface area contributed by atoms with E-state index in [0.29, 0.717) is 37.5 Å². The summed E-state index contributed by atoms with van der Waals surface area (Å²) in [5, 5.41) is 7.79. The number of morpholine rings is 1. The molecule has 5 aromatic rings. The SMILES string of the molecule is O=C(c1ccc(-c2ccc3ncc(C#Cc4ccnc5[nH]ncc45)n3c2)cc1)N1CCOCC1. The first-order valence-electron chi connectivity index (χ1n) is 11.0. The molecule has 1 aliphatic rings. The van der Waals surface area contributed by atoms with Gasteiger partial charge in [-0.2, -0.15) is 5.10 Å². The summed E-state index contributed by atoms with van der Waals surface area (Å²) >= 11 is 0. The molecular weight excluding hydrogens is 428 g/mol. The van der Waals surface area contributed by atoms with Crippen molar-refractivity contribution in [2.75, 3.05) is 26.3 Å². The van der Waals surface area contributed by atoms with E-state index in [1.807, 2.05) is 58.0 Å².